The lowest BCUT2D eigenvalue weighted by Gasteiger charge is -2.61. The van der Waals surface area contributed by atoms with Gasteiger partial charge in [0.1, 0.15) is 6.10 Å². The average molecular weight is 380 g/mol. The Morgan fingerprint density at radius 3 is 2.70 bits per heavy atom. The van der Waals surface area contributed by atoms with Crippen LogP contribution in [0.5, 0.6) is 0 Å². The van der Waals surface area contributed by atoms with Crippen LogP contribution in [0.25, 0.3) is 0 Å². The smallest absolute Gasteiger partial charge is 0.336 e. The summed E-state index contributed by atoms with van der Waals surface area (Å²) in [7, 11) is 1.47. The van der Waals surface area contributed by atoms with Crippen LogP contribution in [-0.4, -0.2) is 41.6 Å². The number of carbonyl (C=O) groups excluding carboxylic acids is 2. The Bertz CT molecular complexity index is 684. The molecule has 6 nitrogen and oxygen atoms in total. The first-order chi connectivity index (χ1) is 12.6. The van der Waals surface area contributed by atoms with E-state index < -0.39 is 28.9 Å². The van der Waals surface area contributed by atoms with Gasteiger partial charge in [-0.3, -0.25) is 4.79 Å². The summed E-state index contributed by atoms with van der Waals surface area (Å²) >= 11 is 0. The zero-order valence-corrected chi connectivity index (χ0v) is 17.3. The van der Waals surface area contributed by atoms with Gasteiger partial charge in [-0.25, -0.2) is 4.79 Å². The highest BCUT2D eigenvalue weighted by Crippen LogP contribution is 2.63. The zero-order valence-electron chi connectivity index (χ0n) is 17.3. The molecule has 3 aliphatic rings. The van der Waals surface area contributed by atoms with Gasteiger partial charge in [-0.1, -0.05) is 34.1 Å². The minimum Gasteiger partial charge on any atom is -0.457 e. The second kappa shape index (κ2) is 6.59. The van der Waals surface area contributed by atoms with Gasteiger partial charge >= 0.3 is 11.9 Å². The zero-order chi connectivity index (χ0) is 20.2. The molecule has 0 bridgehead atoms. The second-order valence-electron chi connectivity index (χ2n) is 8.80. The topological polar surface area (TPSA) is 82.1 Å². The first-order valence-electron chi connectivity index (χ1n) is 9.99. The Morgan fingerprint density at radius 2 is 2.11 bits per heavy atom. The molecule has 0 aromatic heterocycles. The first kappa shape index (κ1) is 20.3. The Labute approximate surface area is 161 Å². The summed E-state index contributed by atoms with van der Waals surface area (Å²) in [6.07, 6.45) is 2.40. The van der Waals surface area contributed by atoms with Crippen molar-refractivity contribution in [3.8, 4) is 0 Å². The maximum absolute atomic E-state index is 12.7. The van der Waals surface area contributed by atoms with Crippen molar-refractivity contribution < 1.29 is 28.9 Å². The van der Waals surface area contributed by atoms with Crippen molar-refractivity contribution in [2.75, 3.05) is 7.11 Å². The molecule has 0 spiro atoms. The van der Waals surface area contributed by atoms with Gasteiger partial charge in [0, 0.05) is 24.5 Å². The third kappa shape index (κ3) is 2.67. The summed E-state index contributed by atoms with van der Waals surface area (Å²) in [6.45, 7) is 9.50. The molecular formula is C21H32O6. The van der Waals surface area contributed by atoms with Gasteiger partial charge in [0.25, 0.3) is 0 Å². The molecule has 0 radical (unpaired) electrons. The van der Waals surface area contributed by atoms with Crippen LogP contribution in [-0.2, 0) is 23.8 Å². The number of esters is 2. The minimum absolute atomic E-state index is 0.108. The summed E-state index contributed by atoms with van der Waals surface area (Å²) in [4.78, 5) is 25.2. The van der Waals surface area contributed by atoms with Gasteiger partial charge in [0.05, 0.1) is 17.1 Å². The summed E-state index contributed by atoms with van der Waals surface area (Å²) in [6, 6.07) is 0. The van der Waals surface area contributed by atoms with Gasteiger partial charge in [0.2, 0.25) is 5.79 Å². The van der Waals surface area contributed by atoms with E-state index in [4.69, 9.17) is 14.2 Å². The Morgan fingerprint density at radius 1 is 1.44 bits per heavy atom. The van der Waals surface area contributed by atoms with Crippen molar-refractivity contribution in [2.24, 2.45) is 17.3 Å². The Kier molecular flexibility index (Phi) is 4.96. The molecule has 2 saturated carbocycles. The largest absolute Gasteiger partial charge is 0.457 e. The number of rotatable bonds is 4. The number of hydrogen-bond acceptors (Lipinski definition) is 6. The van der Waals surface area contributed by atoms with E-state index in [0.717, 1.165) is 12.8 Å². The average Bonchev–Trinajstić information content (AvgIpc) is 2.87. The third-order valence-corrected chi connectivity index (χ3v) is 7.54. The number of aliphatic hydroxyl groups is 1. The van der Waals surface area contributed by atoms with E-state index in [1.165, 1.54) is 7.11 Å². The van der Waals surface area contributed by atoms with Crippen molar-refractivity contribution in [3.05, 3.63) is 11.1 Å². The molecule has 152 valence electrons. The predicted molar refractivity (Wildman–Crippen MR) is 98.6 cm³/mol. The molecule has 0 amide bonds. The number of hydrogen-bond donors (Lipinski definition) is 1. The molecule has 3 rings (SSSR count). The monoisotopic (exact) mass is 380 g/mol. The summed E-state index contributed by atoms with van der Waals surface area (Å²) < 4.78 is 17.3. The molecule has 1 N–H and O–H groups in total. The number of methoxy groups -OCH3 is 1. The number of ether oxygens (including phenoxy) is 3. The van der Waals surface area contributed by atoms with Crippen LogP contribution in [0.3, 0.4) is 0 Å². The maximum Gasteiger partial charge on any atom is 0.336 e. The maximum atomic E-state index is 12.7. The van der Waals surface area contributed by atoms with E-state index in [2.05, 4.69) is 6.92 Å². The van der Waals surface area contributed by atoms with Gasteiger partial charge in [-0.15, -0.1) is 0 Å². The van der Waals surface area contributed by atoms with Crippen LogP contribution in [0.1, 0.15) is 66.7 Å². The molecule has 6 atom stereocenters. The number of fused-ring (bicyclic) bond motifs is 2. The van der Waals surface area contributed by atoms with Crippen LogP contribution in [0, 0.1) is 17.3 Å². The first-order valence-corrected chi connectivity index (χ1v) is 9.99. The molecule has 6 heteroatoms. The van der Waals surface area contributed by atoms with Crippen molar-refractivity contribution in [1.29, 1.82) is 0 Å². The predicted octanol–water partition coefficient (Wildman–Crippen LogP) is 3.12. The third-order valence-electron chi connectivity index (χ3n) is 7.54. The molecule has 0 aromatic rings. The Balaban J connectivity index is 2.18. The Hall–Kier alpha value is -1.40. The van der Waals surface area contributed by atoms with E-state index in [-0.39, 0.29) is 24.2 Å². The fourth-order valence-corrected chi connectivity index (χ4v) is 5.20. The fraction of sp³-hybridized carbons (Fsp3) is 0.810. The highest BCUT2D eigenvalue weighted by atomic mass is 16.7. The van der Waals surface area contributed by atoms with Gasteiger partial charge in [-0.2, -0.15) is 0 Å². The molecule has 1 heterocycles. The van der Waals surface area contributed by atoms with Crippen molar-refractivity contribution >= 4 is 11.9 Å². The summed E-state index contributed by atoms with van der Waals surface area (Å²) in [5.74, 6) is -2.33. The molecule has 1 aliphatic heterocycles. The van der Waals surface area contributed by atoms with E-state index in [1.54, 1.807) is 6.92 Å². The van der Waals surface area contributed by atoms with Crippen LogP contribution < -0.4 is 0 Å². The van der Waals surface area contributed by atoms with Crippen LogP contribution >= 0.6 is 0 Å². The van der Waals surface area contributed by atoms with E-state index >= 15 is 0 Å². The highest BCUT2D eigenvalue weighted by Gasteiger charge is 2.71. The summed E-state index contributed by atoms with van der Waals surface area (Å²) in [5.41, 5.74) is -0.899. The molecule has 2 fully saturated rings. The lowest BCUT2D eigenvalue weighted by Crippen LogP contribution is -2.68. The van der Waals surface area contributed by atoms with E-state index in [1.807, 2.05) is 20.8 Å². The molecule has 2 aliphatic carbocycles. The quantitative estimate of drug-likeness (QED) is 0.755. The molecular weight excluding hydrogens is 348 g/mol. The lowest BCUT2D eigenvalue weighted by atomic mass is 9.49. The molecule has 27 heavy (non-hydrogen) atoms. The van der Waals surface area contributed by atoms with E-state index in [9.17, 15) is 14.7 Å². The highest BCUT2D eigenvalue weighted by molar-refractivity contribution is 5.93. The van der Waals surface area contributed by atoms with Crippen molar-refractivity contribution in [3.63, 3.8) is 0 Å². The minimum atomic E-state index is -1.37. The molecule has 0 saturated heterocycles. The fourth-order valence-electron chi connectivity index (χ4n) is 5.20. The standard InChI is InChI=1S/C21H32O6/c1-7-12(2)17(22)26-16-15-14(4)18(23)27-21(15,25-6)11-20(24)10-8-9-13(3)19(16,20)5/h12-13,16,24H,7-11H2,1-6H3/t12-,13+,16-,19+,20+,21-/m1/s1. The normalized spacial score (nSPS) is 42.3. The van der Waals surface area contributed by atoms with Crippen molar-refractivity contribution in [1.82, 2.24) is 0 Å². The van der Waals surface area contributed by atoms with Crippen LogP contribution in [0.2, 0.25) is 0 Å². The van der Waals surface area contributed by atoms with E-state index in [0.29, 0.717) is 24.0 Å². The molecule has 0 aromatic carbocycles. The number of carbonyl (C=O) groups is 2. The van der Waals surface area contributed by atoms with Gasteiger partial charge < -0.3 is 19.3 Å². The SMILES string of the molecule is CC[C@@H](C)C(=O)O[C@@H]1C2=C(C)C(=O)O[C@]2(OC)C[C@@]2(O)CCC[C@H](C)[C@@]12C. The van der Waals surface area contributed by atoms with Crippen LogP contribution in [0.15, 0.2) is 11.1 Å². The lowest BCUT2D eigenvalue weighted by molar-refractivity contribution is -0.282. The summed E-state index contributed by atoms with van der Waals surface area (Å²) in [5, 5.41) is 11.7. The van der Waals surface area contributed by atoms with Crippen LogP contribution in [0.4, 0.5) is 0 Å². The van der Waals surface area contributed by atoms with Gasteiger partial charge in [-0.05, 0) is 32.1 Å². The molecule has 0 unspecified atom stereocenters. The second-order valence-corrected chi connectivity index (χ2v) is 8.80. The van der Waals surface area contributed by atoms with Gasteiger partial charge in [0.15, 0.2) is 0 Å². The van der Waals surface area contributed by atoms with Crippen molar-refractivity contribution in [2.45, 2.75) is 84.2 Å².